The molecule has 3 rings (SSSR count). The lowest BCUT2D eigenvalue weighted by atomic mass is 10.1. The van der Waals surface area contributed by atoms with E-state index in [0.29, 0.717) is 24.4 Å². The quantitative estimate of drug-likeness (QED) is 0.810. The van der Waals surface area contributed by atoms with E-state index in [0.717, 1.165) is 19.0 Å². The Labute approximate surface area is 110 Å². The lowest BCUT2D eigenvalue weighted by Gasteiger charge is -2.31. The van der Waals surface area contributed by atoms with Crippen molar-refractivity contribution in [2.45, 2.75) is 57.8 Å². The van der Waals surface area contributed by atoms with Crippen LogP contribution in [0.25, 0.3) is 0 Å². The summed E-state index contributed by atoms with van der Waals surface area (Å²) in [4.78, 5) is 16.8. The first-order valence-corrected chi connectivity index (χ1v) is 7.43. The van der Waals surface area contributed by atoms with Crippen LogP contribution in [0.4, 0.5) is 0 Å². The van der Waals surface area contributed by atoms with Crippen LogP contribution in [0.2, 0.25) is 0 Å². The van der Waals surface area contributed by atoms with Gasteiger partial charge in [0.2, 0.25) is 5.91 Å². The Bertz CT molecular complexity index is 327. The molecule has 2 aliphatic heterocycles. The smallest absolute Gasteiger partial charge is 0.238 e. The third-order valence-electron chi connectivity index (χ3n) is 4.46. The second-order valence-corrected chi connectivity index (χ2v) is 6.50. The van der Waals surface area contributed by atoms with Crippen molar-refractivity contribution in [3.05, 3.63) is 0 Å². The summed E-state index contributed by atoms with van der Waals surface area (Å²) in [5.74, 6) is 0.945. The van der Waals surface area contributed by atoms with Crippen molar-refractivity contribution in [1.29, 1.82) is 0 Å². The van der Waals surface area contributed by atoms with E-state index < -0.39 is 0 Å². The molecule has 2 heterocycles. The first-order valence-electron chi connectivity index (χ1n) is 7.43. The second-order valence-electron chi connectivity index (χ2n) is 6.50. The first kappa shape index (κ1) is 12.4. The normalized spacial score (nSPS) is 33.9. The highest BCUT2D eigenvalue weighted by Crippen LogP contribution is 2.32. The van der Waals surface area contributed by atoms with Crippen molar-refractivity contribution < 1.29 is 4.79 Å². The molecule has 3 aliphatic rings. The summed E-state index contributed by atoms with van der Waals surface area (Å²) in [6.45, 7) is 7.29. The van der Waals surface area contributed by atoms with Crippen molar-refractivity contribution in [2.75, 3.05) is 19.6 Å². The van der Waals surface area contributed by atoms with E-state index in [1.54, 1.807) is 0 Å². The van der Waals surface area contributed by atoms with Gasteiger partial charge in [-0.1, -0.05) is 13.8 Å². The Balaban J connectivity index is 1.63. The van der Waals surface area contributed by atoms with Crippen molar-refractivity contribution in [2.24, 2.45) is 5.92 Å². The highest BCUT2D eigenvalue weighted by Gasteiger charge is 2.42. The van der Waals surface area contributed by atoms with Crippen LogP contribution in [0.3, 0.4) is 0 Å². The molecular weight excluding hydrogens is 226 g/mol. The van der Waals surface area contributed by atoms with Gasteiger partial charge in [-0.2, -0.15) is 0 Å². The molecule has 2 atom stereocenters. The van der Waals surface area contributed by atoms with E-state index in [9.17, 15) is 4.79 Å². The summed E-state index contributed by atoms with van der Waals surface area (Å²) in [6, 6.07) is 1.29. The first-order chi connectivity index (χ1) is 8.65. The number of hydrogen-bond donors (Lipinski definition) is 1. The highest BCUT2D eigenvalue weighted by molar-refractivity contribution is 5.81. The van der Waals surface area contributed by atoms with E-state index in [2.05, 4.69) is 29.0 Å². The summed E-state index contributed by atoms with van der Waals surface area (Å²) >= 11 is 0. The molecule has 1 amide bonds. The molecule has 2 unspecified atom stereocenters. The van der Waals surface area contributed by atoms with Gasteiger partial charge in [0.05, 0.1) is 12.7 Å². The summed E-state index contributed by atoms with van der Waals surface area (Å²) in [5, 5.41) is 3.38. The van der Waals surface area contributed by atoms with Gasteiger partial charge in [-0.05, 0) is 31.6 Å². The minimum absolute atomic E-state index is 0.279. The van der Waals surface area contributed by atoms with Crippen molar-refractivity contribution >= 4 is 5.91 Å². The van der Waals surface area contributed by atoms with E-state index in [4.69, 9.17) is 0 Å². The van der Waals surface area contributed by atoms with E-state index in [-0.39, 0.29) is 6.17 Å². The van der Waals surface area contributed by atoms with Crippen LogP contribution in [-0.4, -0.2) is 53.6 Å². The van der Waals surface area contributed by atoms with Crippen molar-refractivity contribution in [1.82, 2.24) is 15.1 Å². The summed E-state index contributed by atoms with van der Waals surface area (Å²) in [5.41, 5.74) is 0. The molecule has 0 aromatic carbocycles. The Morgan fingerprint density at radius 1 is 1.28 bits per heavy atom. The molecule has 102 valence electrons. The van der Waals surface area contributed by atoms with Crippen LogP contribution in [-0.2, 0) is 4.79 Å². The molecule has 0 radical (unpaired) electrons. The number of carbonyl (C=O) groups is 1. The monoisotopic (exact) mass is 251 g/mol. The lowest BCUT2D eigenvalue weighted by molar-refractivity contribution is -0.130. The van der Waals surface area contributed by atoms with Gasteiger partial charge in [0.15, 0.2) is 0 Å². The van der Waals surface area contributed by atoms with Gasteiger partial charge in [0, 0.05) is 25.2 Å². The third-order valence-corrected chi connectivity index (χ3v) is 4.46. The maximum Gasteiger partial charge on any atom is 0.238 e. The molecule has 4 heteroatoms. The van der Waals surface area contributed by atoms with Gasteiger partial charge >= 0.3 is 0 Å². The molecule has 1 aliphatic carbocycles. The molecule has 0 aromatic heterocycles. The fourth-order valence-electron chi connectivity index (χ4n) is 3.44. The zero-order valence-corrected chi connectivity index (χ0v) is 11.6. The molecule has 18 heavy (non-hydrogen) atoms. The van der Waals surface area contributed by atoms with Crippen molar-refractivity contribution in [3.63, 3.8) is 0 Å². The van der Waals surface area contributed by atoms with Crippen molar-refractivity contribution in [3.8, 4) is 0 Å². The molecule has 2 saturated heterocycles. The summed E-state index contributed by atoms with van der Waals surface area (Å²) in [7, 11) is 0. The number of nitrogens with one attached hydrogen (secondary N) is 1. The Hall–Kier alpha value is -0.610. The average molecular weight is 251 g/mol. The molecule has 3 fully saturated rings. The molecular formula is C14H25N3O. The predicted molar refractivity (Wildman–Crippen MR) is 71.1 cm³/mol. The highest BCUT2D eigenvalue weighted by atomic mass is 16.2. The van der Waals surface area contributed by atoms with E-state index >= 15 is 0 Å². The topological polar surface area (TPSA) is 35.6 Å². The zero-order valence-electron chi connectivity index (χ0n) is 11.6. The molecule has 4 nitrogen and oxygen atoms in total. The fourth-order valence-corrected chi connectivity index (χ4v) is 3.44. The fraction of sp³-hybridized carbons (Fsp3) is 0.929. The SMILES string of the molecule is CC(C)CC1NCC(=O)N1C1CCN(C2CC2)C1. The van der Waals surface area contributed by atoms with E-state index in [1.807, 2.05) is 0 Å². The number of hydrogen-bond acceptors (Lipinski definition) is 3. The number of amides is 1. The Morgan fingerprint density at radius 3 is 2.72 bits per heavy atom. The maximum atomic E-state index is 12.1. The summed E-state index contributed by atoms with van der Waals surface area (Å²) in [6.07, 6.45) is 5.26. The lowest BCUT2D eigenvalue weighted by Crippen LogP contribution is -2.46. The number of rotatable bonds is 4. The Morgan fingerprint density at radius 2 is 2.06 bits per heavy atom. The minimum atomic E-state index is 0.279. The second kappa shape index (κ2) is 4.82. The summed E-state index contributed by atoms with van der Waals surface area (Å²) < 4.78 is 0. The zero-order chi connectivity index (χ0) is 12.7. The largest absolute Gasteiger partial charge is 0.322 e. The number of nitrogens with zero attached hydrogens (tertiary/aromatic N) is 2. The van der Waals surface area contributed by atoms with Gasteiger partial charge in [-0.3, -0.25) is 15.0 Å². The standard InChI is InChI=1S/C14H25N3O/c1-10(2)7-13-15-8-14(18)17(13)12-5-6-16(9-12)11-3-4-11/h10-13,15H,3-9H2,1-2H3. The van der Waals surface area contributed by atoms with Gasteiger partial charge < -0.3 is 4.90 Å². The van der Waals surface area contributed by atoms with Crippen LogP contribution in [0.15, 0.2) is 0 Å². The average Bonchev–Trinajstić information content (AvgIpc) is 2.95. The molecule has 0 spiro atoms. The minimum Gasteiger partial charge on any atom is -0.322 e. The Kier molecular flexibility index (Phi) is 3.32. The third kappa shape index (κ3) is 2.41. The maximum absolute atomic E-state index is 12.1. The molecule has 1 saturated carbocycles. The van der Waals surface area contributed by atoms with Gasteiger partial charge in [-0.25, -0.2) is 0 Å². The van der Waals surface area contributed by atoms with Gasteiger partial charge in [0.1, 0.15) is 0 Å². The van der Waals surface area contributed by atoms with Crippen LogP contribution in [0.5, 0.6) is 0 Å². The molecule has 0 aromatic rings. The van der Waals surface area contributed by atoms with Crippen LogP contribution < -0.4 is 5.32 Å². The van der Waals surface area contributed by atoms with Crippen LogP contribution in [0, 0.1) is 5.92 Å². The number of carbonyl (C=O) groups excluding carboxylic acids is 1. The van der Waals surface area contributed by atoms with E-state index in [1.165, 1.54) is 25.8 Å². The van der Waals surface area contributed by atoms with Crippen LogP contribution >= 0.6 is 0 Å². The molecule has 0 bridgehead atoms. The van der Waals surface area contributed by atoms with Gasteiger partial charge in [-0.15, -0.1) is 0 Å². The molecule has 1 N–H and O–H groups in total. The van der Waals surface area contributed by atoms with Crippen LogP contribution in [0.1, 0.15) is 39.5 Å². The number of likely N-dealkylation sites (tertiary alicyclic amines) is 1. The van der Waals surface area contributed by atoms with Gasteiger partial charge in [0.25, 0.3) is 0 Å². The predicted octanol–water partition coefficient (Wildman–Crippen LogP) is 1.03.